The van der Waals surface area contributed by atoms with E-state index in [1.807, 2.05) is 6.92 Å². The standard InChI is InChI=1S/C15H20N2O4/c1-2-12-14(18)16-7-8-17(12)9-10-21-13-6-4-3-5-11(13)15(19)20/h3-6,12H,2,7-10H2,1H3,(H,16,18)(H,19,20)/t12-/m1/s1. The molecule has 1 amide bonds. The van der Waals surface area contributed by atoms with Gasteiger partial charge in [-0.25, -0.2) is 4.79 Å². The molecule has 0 spiro atoms. The van der Waals surface area contributed by atoms with Crippen molar-refractivity contribution in [1.29, 1.82) is 0 Å². The largest absolute Gasteiger partial charge is 0.491 e. The van der Waals surface area contributed by atoms with Crippen LogP contribution in [-0.2, 0) is 4.79 Å². The Morgan fingerprint density at radius 3 is 2.95 bits per heavy atom. The molecule has 21 heavy (non-hydrogen) atoms. The molecule has 0 aromatic heterocycles. The summed E-state index contributed by atoms with van der Waals surface area (Å²) in [5.74, 6) is -0.594. The van der Waals surface area contributed by atoms with Gasteiger partial charge in [-0.1, -0.05) is 19.1 Å². The lowest BCUT2D eigenvalue weighted by Crippen LogP contribution is -2.55. The highest BCUT2D eigenvalue weighted by molar-refractivity contribution is 5.90. The number of amides is 1. The highest BCUT2D eigenvalue weighted by Crippen LogP contribution is 2.18. The van der Waals surface area contributed by atoms with Gasteiger partial charge in [0.1, 0.15) is 17.9 Å². The van der Waals surface area contributed by atoms with E-state index >= 15 is 0 Å². The van der Waals surface area contributed by atoms with E-state index in [2.05, 4.69) is 10.2 Å². The van der Waals surface area contributed by atoms with Gasteiger partial charge in [0, 0.05) is 19.6 Å². The van der Waals surface area contributed by atoms with Crippen molar-refractivity contribution < 1.29 is 19.4 Å². The molecule has 1 aromatic rings. The maximum Gasteiger partial charge on any atom is 0.339 e. The molecule has 1 atom stereocenters. The molecule has 0 saturated carbocycles. The molecule has 6 heteroatoms. The van der Waals surface area contributed by atoms with Gasteiger partial charge in [0.25, 0.3) is 0 Å². The van der Waals surface area contributed by atoms with E-state index in [-0.39, 0.29) is 17.5 Å². The Balaban J connectivity index is 1.92. The van der Waals surface area contributed by atoms with Gasteiger partial charge in [0.2, 0.25) is 5.91 Å². The first-order valence-corrected chi connectivity index (χ1v) is 7.10. The maximum absolute atomic E-state index is 11.7. The van der Waals surface area contributed by atoms with Crippen LogP contribution < -0.4 is 10.1 Å². The van der Waals surface area contributed by atoms with Crippen LogP contribution in [-0.4, -0.2) is 54.2 Å². The molecule has 0 unspecified atom stereocenters. The van der Waals surface area contributed by atoms with Gasteiger partial charge in [-0.05, 0) is 18.6 Å². The number of rotatable bonds is 6. The van der Waals surface area contributed by atoms with Gasteiger partial charge < -0.3 is 15.2 Å². The summed E-state index contributed by atoms with van der Waals surface area (Å²) in [4.78, 5) is 24.9. The second-order valence-electron chi connectivity index (χ2n) is 4.90. The second kappa shape index (κ2) is 7.08. The Hall–Kier alpha value is -2.08. The minimum Gasteiger partial charge on any atom is -0.491 e. The number of hydrogen-bond donors (Lipinski definition) is 2. The average Bonchev–Trinajstić information content (AvgIpc) is 2.48. The number of aromatic carboxylic acids is 1. The molecule has 114 valence electrons. The number of nitrogens with one attached hydrogen (secondary N) is 1. The van der Waals surface area contributed by atoms with Crippen LogP contribution in [0.2, 0.25) is 0 Å². The van der Waals surface area contributed by atoms with E-state index in [9.17, 15) is 9.59 Å². The SMILES string of the molecule is CC[C@@H]1C(=O)NCCN1CCOc1ccccc1C(=O)O. The molecular weight excluding hydrogens is 272 g/mol. The van der Waals surface area contributed by atoms with Crippen LogP contribution in [0.5, 0.6) is 5.75 Å². The molecule has 1 saturated heterocycles. The van der Waals surface area contributed by atoms with Crippen molar-refractivity contribution in [3.05, 3.63) is 29.8 Å². The van der Waals surface area contributed by atoms with Gasteiger partial charge in [0.15, 0.2) is 0 Å². The van der Waals surface area contributed by atoms with Crippen molar-refractivity contribution in [2.24, 2.45) is 0 Å². The summed E-state index contributed by atoms with van der Waals surface area (Å²) in [6.07, 6.45) is 0.748. The number of ether oxygens (including phenoxy) is 1. The van der Waals surface area contributed by atoms with Gasteiger partial charge in [0.05, 0.1) is 6.04 Å². The third kappa shape index (κ3) is 3.72. The Labute approximate surface area is 123 Å². The van der Waals surface area contributed by atoms with Gasteiger partial charge in [-0.15, -0.1) is 0 Å². The zero-order valence-corrected chi connectivity index (χ0v) is 12.0. The lowest BCUT2D eigenvalue weighted by Gasteiger charge is -2.34. The third-order valence-corrected chi connectivity index (χ3v) is 3.58. The molecule has 6 nitrogen and oxygen atoms in total. The molecule has 1 aromatic carbocycles. The molecule has 2 N–H and O–H groups in total. The summed E-state index contributed by atoms with van der Waals surface area (Å²) in [5, 5.41) is 11.9. The van der Waals surface area contributed by atoms with E-state index in [1.54, 1.807) is 18.2 Å². The lowest BCUT2D eigenvalue weighted by molar-refractivity contribution is -0.129. The number of nitrogens with zero attached hydrogens (tertiary/aromatic N) is 1. The molecule has 2 rings (SSSR count). The number of benzene rings is 1. The van der Waals surface area contributed by atoms with Crippen molar-refractivity contribution in [3.8, 4) is 5.75 Å². The van der Waals surface area contributed by atoms with E-state index in [0.29, 0.717) is 25.4 Å². The smallest absolute Gasteiger partial charge is 0.339 e. The predicted octanol–water partition coefficient (Wildman–Crippen LogP) is 0.974. The molecule has 1 aliphatic rings. The van der Waals surface area contributed by atoms with Crippen molar-refractivity contribution in [3.63, 3.8) is 0 Å². The van der Waals surface area contributed by atoms with E-state index < -0.39 is 5.97 Å². The normalized spacial score (nSPS) is 19.1. The molecule has 0 aliphatic carbocycles. The van der Waals surface area contributed by atoms with Gasteiger partial charge >= 0.3 is 5.97 Å². The van der Waals surface area contributed by atoms with Gasteiger partial charge in [-0.3, -0.25) is 9.69 Å². The minimum absolute atomic E-state index is 0.0506. The molecular formula is C15H20N2O4. The fourth-order valence-corrected chi connectivity index (χ4v) is 2.52. The summed E-state index contributed by atoms with van der Waals surface area (Å²) < 4.78 is 5.58. The number of piperazine rings is 1. The second-order valence-corrected chi connectivity index (χ2v) is 4.90. The zero-order valence-electron chi connectivity index (χ0n) is 12.0. The average molecular weight is 292 g/mol. The number of para-hydroxylation sites is 1. The minimum atomic E-state index is -1.01. The Morgan fingerprint density at radius 1 is 1.48 bits per heavy atom. The molecule has 1 fully saturated rings. The first-order chi connectivity index (χ1) is 10.1. The van der Waals surface area contributed by atoms with Crippen LogP contribution in [0, 0.1) is 0 Å². The van der Waals surface area contributed by atoms with Crippen LogP contribution in [0.25, 0.3) is 0 Å². The number of carbonyl (C=O) groups is 2. The summed E-state index contributed by atoms with van der Waals surface area (Å²) >= 11 is 0. The number of carboxylic acids is 1. The van der Waals surface area contributed by atoms with Crippen molar-refractivity contribution in [1.82, 2.24) is 10.2 Å². The van der Waals surface area contributed by atoms with E-state index in [0.717, 1.165) is 13.0 Å². The zero-order chi connectivity index (χ0) is 15.2. The Bertz CT molecular complexity index is 518. The monoisotopic (exact) mass is 292 g/mol. The van der Waals surface area contributed by atoms with E-state index in [1.165, 1.54) is 6.07 Å². The number of hydrogen-bond acceptors (Lipinski definition) is 4. The quantitative estimate of drug-likeness (QED) is 0.817. The van der Waals surface area contributed by atoms with Crippen LogP contribution in [0.4, 0.5) is 0 Å². The van der Waals surface area contributed by atoms with E-state index in [4.69, 9.17) is 9.84 Å². The van der Waals surface area contributed by atoms with Crippen LogP contribution in [0.1, 0.15) is 23.7 Å². The van der Waals surface area contributed by atoms with Crippen LogP contribution in [0.3, 0.4) is 0 Å². The summed E-state index contributed by atoms with van der Waals surface area (Å²) in [7, 11) is 0. The van der Waals surface area contributed by atoms with Crippen LogP contribution in [0.15, 0.2) is 24.3 Å². The van der Waals surface area contributed by atoms with Crippen molar-refractivity contribution in [2.75, 3.05) is 26.2 Å². The summed E-state index contributed by atoms with van der Waals surface area (Å²) in [6.45, 7) is 4.35. The van der Waals surface area contributed by atoms with Crippen molar-refractivity contribution in [2.45, 2.75) is 19.4 Å². The molecule has 0 radical (unpaired) electrons. The Kier molecular flexibility index (Phi) is 5.16. The highest BCUT2D eigenvalue weighted by Gasteiger charge is 2.27. The van der Waals surface area contributed by atoms with Crippen molar-refractivity contribution >= 4 is 11.9 Å². The number of carboxylic acid groups (broad SMARTS) is 1. The Morgan fingerprint density at radius 2 is 2.24 bits per heavy atom. The first-order valence-electron chi connectivity index (χ1n) is 7.10. The summed E-state index contributed by atoms with van der Waals surface area (Å²) in [6, 6.07) is 6.44. The predicted molar refractivity (Wildman–Crippen MR) is 77.6 cm³/mol. The molecule has 1 aliphatic heterocycles. The summed E-state index contributed by atoms with van der Waals surface area (Å²) in [5.41, 5.74) is 0.154. The third-order valence-electron chi connectivity index (χ3n) is 3.58. The molecule has 1 heterocycles. The lowest BCUT2D eigenvalue weighted by atomic mass is 10.1. The number of carbonyl (C=O) groups excluding carboxylic acids is 1. The fourth-order valence-electron chi connectivity index (χ4n) is 2.52. The van der Waals surface area contributed by atoms with Crippen LogP contribution >= 0.6 is 0 Å². The van der Waals surface area contributed by atoms with Gasteiger partial charge in [-0.2, -0.15) is 0 Å². The highest BCUT2D eigenvalue weighted by atomic mass is 16.5. The fraction of sp³-hybridized carbons (Fsp3) is 0.467. The first kappa shape index (κ1) is 15.3. The maximum atomic E-state index is 11.7. The topological polar surface area (TPSA) is 78.9 Å². The molecule has 0 bridgehead atoms.